The van der Waals surface area contributed by atoms with Crippen molar-refractivity contribution in [3.8, 4) is 0 Å². The van der Waals surface area contributed by atoms with Gasteiger partial charge in [0.05, 0.1) is 6.10 Å². The van der Waals surface area contributed by atoms with Gasteiger partial charge in [-0.05, 0) is 44.5 Å². The number of thiol groups is 1. The van der Waals surface area contributed by atoms with Gasteiger partial charge in [0.2, 0.25) is 0 Å². The highest BCUT2D eigenvalue weighted by Crippen LogP contribution is 2.11. The highest BCUT2D eigenvalue weighted by Gasteiger charge is 2.16. The first-order valence-electron chi connectivity index (χ1n) is 5.84. The third-order valence-electron chi connectivity index (χ3n) is 2.86. The minimum absolute atomic E-state index is 0.0683. The summed E-state index contributed by atoms with van der Waals surface area (Å²) in [5.41, 5.74) is 0. The van der Waals surface area contributed by atoms with Crippen LogP contribution in [0.3, 0.4) is 0 Å². The molecule has 1 saturated heterocycles. The maximum atomic E-state index is 9.47. The molecule has 1 atom stereocenters. The zero-order valence-corrected chi connectivity index (χ0v) is 9.88. The van der Waals surface area contributed by atoms with Crippen LogP contribution in [0.4, 0.5) is 0 Å². The number of aliphatic hydroxyl groups is 1. The first-order chi connectivity index (χ1) is 6.83. The van der Waals surface area contributed by atoms with Crippen molar-refractivity contribution in [3.63, 3.8) is 0 Å². The molecule has 0 bridgehead atoms. The maximum Gasteiger partial charge on any atom is 0.0667 e. The van der Waals surface area contributed by atoms with E-state index in [0.29, 0.717) is 0 Å². The molecule has 1 heterocycles. The van der Waals surface area contributed by atoms with E-state index >= 15 is 0 Å². The fourth-order valence-corrected chi connectivity index (χ4v) is 2.26. The van der Waals surface area contributed by atoms with Crippen molar-refractivity contribution >= 4 is 12.6 Å². The normalized spacial score (nSPS) is 24.0. The van der Waals surface area contributed by atoms with Gasteiger partial charge in [-0.1, -0.05) is 12.8 Å². The van der Waals surface area contributed by atoms with Gasteiger partial charge >= 0.3 is 0 Å². The van der Waals surface area contributed by atoms with Gasteiger partial charge in [0.1, 0.15) is 0 Å². The standard InChI is InChI=1S/C11H23NOS/c13-11-6-5-8-12(10-11)7-3-1-2-4-9-14/h11,13-14H,1-10H2. The van der Waals surface area contributed by atoms with Gasteiger partial charge in [0, 0.05) is 6.54 Å². The van der Waals surface area contributed by atoms with E-state index in [0.717, 1.165) is 25.1 Å². The van der Waals surface area contributed by atoms with E-state index in [1.807, 2.05) is 0 Å². The van der Waals surface area contributed by atoms with Gasteiger partial charge in [-0.15, -0.1) is 0 Å². The molecule has 0 radical (unpaired) electrons. The van der Waals surface area contributed by atoms with Crippen molar-refractivity contribution in [2.45, 2.75) is 44.6 Å². The Hall–Kier alpha value is 0.270. The first kappa shape index (κ1) is 12.3. The van der Waals surface area contributed by atoms with Crippen molar-refractivity contribution < 1.29 is 5.11 Å². The van der Waals surface area contributed by atoms with Crippen LogP contribution in [0.5, 0.6) is 0 Å². The molecule has 1 fully saturated rings. The topological polar surface area (TPSA) is 23.5 Å². The van der Waals surface area contributed by atoms with Gasteiger partial charge in [-0.25, -0.2) is 0 Å². The van der Waals surface area contributed by atoms with Gasteiger partial charge in [-0.2, -0.15) is 12.6 Å². The predicted octanol–water partition coefficient (Wildman–Crippen LogP) is 1.93. The van der Waals surface area contributed by atoms with E-state index in [9.17, 15) is 5.11 Å². The van der Waals surface area contributed by atoms with Crippen molar-refractivity contribution in [3.05, 3.63) is 0 Å². The van der Waals surface area contributed by atoms with Crippen LogP contribution < -0.4 is 0 Å². The summed E-state index contributed by atoms with van der Waals surface area (Å²) in [4.78, 5) is 2.40. The van der Waals surface area contributed by atoms with E-state index in [2.05, 4.69) is 17.5 Å². The van der Waals surface area contributed by atoms with Crippen molar-refractivity contribution in [2.24, 2.45) is 0 Å². The number of likely N-dealkylation sites (tertiary alicyclic amines) is 1. The van der Waals surface area contributed by atoms with E-state index in [1.165, 1.54) is 38.8 Å². The maximum absolute atomic E-state index is 9.47. The van der Waals surface area contributed by atoms with Crippen molar-refractivity contribution in [2.75, 3.05) is 25.4 Å². The lowest BCUT2D eigenvalue weighted by Crippen LogP contribution is -2.38. The average molecular weight is 217 g/mol. The van der Waals surface area contributed by atoms with Crippen LogP contribution in [0, 0.1) is 0 Å². The number of hydrogen-bond donors (Lipinski definition) is 2. The molecule has 0 aromatic carbocycles. The highest BCUT2D eigenvalue weighted by atomic mass is 32.1. The molecular weight excluding hydrogens is 194 g/mol. The lowest BCUT2D eigenvalue weighted by molar-refractivity contribution is 0.0698. The molecule has 1 unspecified atom stereocenters. The number of aliphatic hydroxyl groups excluding tert-OH is 1. The molecule has 0 amide bonds. The Morgan fingerprint density at radius 3 is 2.71 bits per heavy atom. The van der Waals surface area contributed by atoms with Crippen LogP contribution in [0.2, 0.25) is 0 Å². The zero-order chi connectivity index (χ0) is 10.2. The van der Waals surface area contributed by atoms with Crippen molar-refractivity contribution in [1.82, 2.24) is 4.90 Å². The summed E-state index contributed by atoms with van der Waals surface area (Å²) in [6, 6.07) is 0. The largest absolute Gasteiger partial charge is 0.392 e. The van der Waals surface area contributed by atoms with Crippen molar-refractivity contribution in [1.29, 1.82) is 0 Å². The average Bonchev–Trinajstić information content (AvgIpc) is 2.18. The Bertz CT molecular complexity index is 143. The predicted molar refractivity (Wildman–Crippen MR) is 64.0 cm³/mol. The van der Waals surface area contributed by atoms with E-state index in [4.69, 9.17) is 0 Å². The third kappa shape index (κ3) is 5.23. The highest BCUT2D eigenvalue weighted by molar-refractivity contribution is 7.80. The molecule has 1 aliphatic rings. The Morgan fingerprint density at radius 1 is 1.21 bits per heavy atom. The number of piperidine rings is 1. The van der Waals surface area contributed by atoms with Crippen LogP contribution in [-0.2, 0) is 0 Å². The second kappa shape index (κ2) is 7.55. The second-order valence-electron chi connectivity index (χ2n) is 4.23. The molecule has 1 aliphatic heterocycles. The quantitative estimate of drug-likeness (QED) is 0.525. The molecule has 0 saturated carbocycles. The zero-order valence-electron chi connectivity index (χ0n) is 8.99. The molecule has 0 aromatic heterocycles. The van der Waals surface area contributed by atoms with Crippen LogP contribution in [0.15, 0.2) is 0 Å². The summed E-state index contributed by atoms with van der Waals surface area (Å²) in [6.45, 7) is 3.25. The minimum Gasteiger partial charge on any atom is -0.392 e. The monoisotopic (exact) mass is 217 g/mol. The summed E-state index contributed by atoms with van der Waals surface area (Å²) < 4.78 is 0. The Balaban J connectivity index is 1.95. The summed E-state index contributed by atoms with van der Waals surface area (Å²) in [5.74, 6) is 1.02. The molecule has 84 valence electrons. The number of nitrogens with zero attached hydrogens (tertiary/aromatic N) is 1. The van der Waals surface area contributed by atoms with E-state index in [-0.39, 0.29) is 6.10 Å². The fraction of sp³-hybridized carbons (Fsp3) is 1.00. The van der Waals surface area contributed by atoms with Gasteiger partial charge in [0.25, 0.3) is 0 Å². The summed E-state index contributed by atoms with van der Waals surface area (Å²) >= 11 is 4.19. The Labute approximate surface area is 93.1 Å². The molecule has 0 aliphatic carbocycles. The minimum atomic E-state index is -0.0683. The number of rotatable bonds is 6. The summed E-state index contributed by atoms with van der Waals surface area (Å²) in [6.07, 6.45) is 7.23. The molecular formula is C11H23NOS. The SMILES string of the molecule is OC1CCCN(CCCCCCS)C1. The van der Waals surface area contributed by atoms with E-state index < -0.39 is 0 Å². The fourth-order valence-electron chi connectivity index (χ4n) is 2.03. The van der Waals surface area contributed by atoms with Crippen LogP contribution in [0.1, 0.15) is 38.5 Å². The first-order valence-corrected chi connectivity index (χ1v) is 6.47. The second-order valence-corrected chi connectivity index (χ2v) is 4.68. The lowest BCUT2D eigenvalue weighted by Gasteiger charge is -2.29. The van der Waals surface area contributed by atoms with Gasteiger partial charge in [0.15, 0.2) is 0 Å². The molecule has 14 heavy (non-hydrogen) atoms. The number of unbranched alkanes of at least 4 members (excludes halogenated alkanes) is 3. The summed E-state index contributed by atoms with van der Waals surface area (Å²) in [7, 11) is 0. The molecule has 2 nitrogen and oxygen atoms in total. The number of hydrogen-bond acceptors (Lipinski definition) is 3. The van der Waals surface area contributed by atoms with Gasteiger partial charge in [-0.3, -0.25) is 0 Å². The molecule has 0 aromatic rings. The van der Waals surface area contributed by atoms with E-state index in [1.54, 1.807) is 0 Å². The molecule has 1 N–H and O–H groups in total. The molecule has 1 rings (SSSR count). The lowest BCUT2D eigenvalue weighted by atomic mass is 10.1. The Morgan fingerprint density at radius 2 is 2.00 bits per heavy atom. The third-order valence-corrected chi connectivity index (χ3v) is 3.18. The van der Waals surface area contributed by atoms with Crippen LogP contribution in [-0.4, -0.2) is 41.5 Å². The molecule has 3 heteroatoms. The van der Waals surface area contributed by atoms with Gasteiger partial charge < -0.3 is 10.0 Å². The van der Waals surface area contributed by atoms with Crippen LogP contribution in [0.25, 0.3) is 0 Å². The Kier molecular flexibility index (Phi) is 6.65. The molecule has 0 spiro atoms. The van der Waals surface area contributed by atoms with Crippen LogP contribution >= 0.6 is 12.6 Å². The smallest absolute Gasteiger partial charge is 0.0667 e. The summed E-state index contributed by atoms with van der Waals surface area (Å²) in [5, 5.41) is 9.47. The number of β-amino-alcohol motifs (C(OH)–C–C–N with tert-alkyl or cyclic N) is 1.